The van der Waals surface area contributed by atoms with Gasteiger partial charge in [-0.25, -0.2) is 4.39 Å². The van der Waals surface area contributed by atoms with Gasteiger partial charge in [0.15, 0.2) is 0 Å². The van der Waals surface area contributed by atoms with Crippen LogP contribution in [0.5, 0.6) is 0 Å². The molecule has 5 heteroatoms. The van der Waals surface area contributed by atoms with E-state index in [2.05, 4.69) is 15.9 Å². The van der Waals surface area contributed by atoms with Crippen LogP contribution in [0.1, 0.15) is 15.9 Å². The summed E-state index contributed by atoms with van der Waals surface area (Å²) in [4.78, 5) is 13.8. The molecule has 0 N–H and O–H groups in total. The van der Waals surface area contributed by atoms with Crippen molar-refractivity contribution in [1.82, 2.24) is 4.90 Å². The lowest BCUT2D eigenvalue weighted by molar-refractivity contribution is 0.0784. The van der Waals surface area contributed by atoms with Gasteiger partial charge in [0.05, 0.1) is 10.6 Å². The van der Waals surface area contributed by atoms with Crippen molar-refractivity contribution in [3.05, 3.63) is 68.9 Å². The first-order chi connectivity index (χ1) is 9.50. The van der Waals surface area contributed by atoms with Crippen molar-refractivity contribution in [1.29, 1.82) is 0 Å². The lowest BCUT2D eigenvalue weighted by Crippen LogP contribution is -2.26. The van der Waals surface area contributed by atoms with E-state index in [1.807, 2.05) is 0 Å². The summed E-state index contributed by atoms with van der Waals surface area (Å²) in [5.41, 5.74) is 0.856. The molecule has 0 aromatic heterocycles. The number of halogens is 3. The summed E-state index contributed by atoms with van der Waals surface area (Å²) in [7, 11) is 1.62. The Bertz CT molecular complexity index is 648. The van der Waals surface area contributed by atoms with E-state index >= 15 is 0 Å². The van der Waals surface area contributed by atoms with Crippen LogP contribution in [-0.4, -0.2) is 17.9 Å². The van der Waals surface area contributed by atoms with Gasteiger partial charge in [0, 0.05) is 23.6 Å². The quantitative estimate of drug-likeness (QED) is 0.792. The molecule has 104 valence electrons. The zero-order valence-electron chi connectivity index (χ0n) is 10.7. The summed E-state index contributed by atoms with van der Waals surface area (Å²) in [5, 5.41) is 0.359. The Labute approximate surface area is 130 Å². The average molecular weight is 357 g/mol. The van der Waals surface area contributed by atoms with Crippen LogP contribution in [0, 0.1) is 5.82 Å². The predicted molar refractivity (Wildman–Crippen MR) is 81.3 cm³/mol. The fourth-order valence-corrected chi connectivity index (χ4v) is 2.40. The molecule has 2 rings (SSSR count). The Morgan fingerprint density at radius 1 is 1.25 bits per heavy atom. The van der Waals surface area contributed by atoms with Gasteiger partial charge in [-0.05, 0) is 34.1 Å². The van der Waals surface area contributed by atoms with Gasteiger partial charge in [0.1, 0.15) is 5.82 Å². The first kappa shape index (κ1) is 15.0. The van der Waals surface area contributed by atoms with Crippen molar-refractivity contribution >= 4 is 33.4 Å². The molecule has 0 radical (unpaired) electrons. The monoisotopic (exact) mass is 355 g/mol. The molecule has 0 aliphatic heterocycles. The maximum atomic E-state index is 13.6. The second-order valence-corrected chi connectivity index (χ2v) is 5.59. The van der Waals surface area contributed by atoms with E-state index in [4.69, 9.17) is 11.6 Å². The highest BCUT2D eigenvalue weighted by atomic mass is 79.9. The molecule has 2 aromatic carbocycles. The summed E-state index contributed by atoms with van der Waals surface area (Å²) >= 11 is 9.38. The van der Waals surface area contributed by atoms with Gasteiger partial charge in [0.2, 0.25) is 0 Å². The van der Waals surface area contributed by atoms with Crippen molar-refractivity contribution in [2.45, 2.75) is 6.54 Å². The molecule has 0 saturated heterocycles. The highest BCUT2D eigenvalue weighted by Gasteiger charge is 2.17. The van der Waals surface area contributed by atoms with Gasteiger partial charge < -0.3 is 4.90 Å². The molecule has 0 heterocycles. The Morgan fingerprint density at radius 3 is 2.65 bits per heavy atom. The first-order valence-corrected chi connectivity index (χ1v) is 7.10. The van der Waals surface area contributed by atoms with E-state index < -0.39 is 0 Å². The van der Waals surface area contributed by atoms with Crippen molar-refractivity contribution in [3.8, 4) is 0 Å². The van der Waals surface area contributed by atoms with Crippen LogP contribution in [0.3, 0.4) is 0 Å². The summed E-state index contributed by atoms with van der Waals surface area (Å²) in [5.74, 6) is -0.577. The number of hydrogen-bond acceptors (Lipinski definition) is 1. The number of hydrogen-bond donors (Lipinski definition) is 0. The van der Waals surface area contributed by atoms with Crippen LogP contribution in [0.25, 0.3) is 0 Å². The van der Waals surface area contributed by atoms with Crippen molar-refractivity contribution < 1.29 is 9.18 Å². The highest BCUT2D eigenvalue weighted by Crippen LogP contribution is 2.27. The SMILES string of the molecule is CN(Cc1ccccc1F)C(=O)c1cccc(Br)c1Cl. The molecule has 2 aromatic rings. The molecule has 20 heavy (non-hydrogen) atoms. The molecule has 0 spiro atoms. The fourth-order valence-electron chi connectivity index (χ4n) is 1.83. The zero-order chi connectivity index (χ0) is 14.7. The van der Waals surface area contributed by atoms with E-state index in [-0.39, 0.29) is 18.3 Å². The smallest absolute Gasteiger partial charge is 0.255 e. The zero-order valence-corrected chi connectivity index (χ0v) is 13.1. The summed E-state index contributed by atoms with van der Waals surface area (Å²) < 4.78 is 14.2. The number of carbonyl (C=O) groups excluding carboxylic acids is 1. The molecule has 0 atom stereocenters. The van der Waals surface area contributed by atoms with E-state index in [1.54, 1.807) is 43.4 Å². The van der Waals surface area contributed by atoms with Crippen LogP contribution in [0.15, 0.2) is 46.9 Å². The van der Waals surface area contributed by atoms with Crippen molar-refractivity contribution in [3.63, 3.8) is 0 Å². The normalized spacial score (nSPS) is 10.4. The van der Waals surface area contributed by atoms with E-state index in [0.29, 0.717) is 20.6 Å². The lowest BCUT2D eigenvalue weighted by atomic mass is 10.1. The van der Waals surface area contributed by atoms with Crippen LogP contribution in [0.4, 0.5) is 4.39 Å². The molecule has 2 nitrogen and oxygen atoms in total. The van der Waals surface area contributed by atoms with E-state index in [9.17, 15) is 9.18 Å². The third kappa shape index (κ3) is 3.19. The fraction of sp³-hybridized carbons (Fsp3) is 0.133. The number of amides is 1. The molecular formula is C15H12BrClFNO. The Morgan fingerprint density at radius 2 is 1.95 bits per heavy atom. The molecule has 0 saturated carbocycles. The number of rotatable bonds is 3. The second-order valence-electron chi connectivity index (χ2n) is 4.35. The molecule has 0 unspecified atom stereocenters. The standard InChI is InChI=1S/C15H12BrClFNO/c1-19(9-10-5-2-3-8-13(10)18)15(20)11-6-4-7-12(16)14(11)17/h2-8H,9H2,1H3. The highest BCUT2D eigenvalue weighted by molar-refractivity contribution is 9.10. The molecule has 0 aliphatic carbocycles. The minimum absolute atomic E-state index is 0.189. The first-order valence-electron chi connectivity index (χ1n) is 5.93. The molecule has 0 aliphatic rings. The third-order valence-corrected chi connectivity index (χ3v) is 4.19. The number of carbonyl (C=O) groups is 1. The molecule has 0 fully saturated rings. The molecular weight excluding hydrogens is 345 g/mol. The summed E-state index contributed by atoms with van der Waals surface area (Å²) in [6, 6.07) is 11.5. The van der Waals surface area contributed by atoms with Crippen LogP contribution >= 0.6 is 27.5 Å². The summed E-state index contributed by atoms with van der Waals surface area (Å²) in [6.07, 6.45) is 0. The van der Waals surface area contributed by atoms with E-state index in [0.717, 1.165) is 0 Å². The maximum absolute atomic E-state index is 13.6. The van der Waals surface area contributed by atoms with Gasteiger partial charge in [0.25, 0.3) is 5.91 Å². The minimum atomic E-state index is -0.326. The maximum Gasteiger partial charge on any atom is 0.255 e. The molecule has 0 bridgehead atoms. The van der Waals surface area contributed by atoms with Crippen LogP contribution < -0.4 is 0 Å². The van der Waals surface area contributed by atoms with Crippen LogP contribution in [-0.2, 0) is 6.54 Å². The van der Waals surface area contributed by atoms with Gasteiger partial charge >= 0.3 is 0 Å². The Balaban J connectivity index is 2.21. The number of benzene rings is 2. The van der Waals surface area contributed by atoms with E-state index in [1.165, 1.54) is 11.0 Å². The topological polar surface area (TPSA) is 20.3 Å². The predicted octanol–water partition coefficient (Wildman–Crippen LogP) is 4.51. The van der Waals surface area contributed by atoms with Crippen molar-refractivity contribution in [2.24, 2.45) is 0 Å². The largest absolute Gasteiger partial charge is 0.337 e. The third-order valence-electron chi connectivity index (χ3n) is 2.89. The lowest BCUT2D eigenvalue weighted by Gasteiger charge is -2.18. The van der Waals surface area contributed by atoms with Gasteiger partial charge in [-0.2, -0.15) is 0 Å². The second kappa shape index (κ2) is 6.37. The van der Waals surface area contributed by atoms with Crippen LogP contribution in [0.2, 0.25) is 5.02 Å². The van der Waals surface area contributed by atoms with Gasteiger partial charge in [-0.3, -0.25) is 4.79 Å². The Hall–Kier alpha value is -1.39. The molecule has 1 amide bonds. The Kier molecular flexibility index (Phi) is 4.78. The van der Waals surface area contributed by atoms with Crippen molar-refractivity contribution in [2.75, 3.05) is 7.05 Å². The average Bonchev–Trinajstić information content (AvgIpc) is 2.43. The minimum Gasteiger partial charge on any atom is -0.337 e. The number of nitrogens with zero attached hydrogens (tertiary/aromatic N) is 1. The van der Waals surface area contributed by atoms with Gasteiger partial charge in [-0.1, -0.05) is 35.9 Å². The summed E-state index contributed by atoms with van der Waals surface area (Å²) in [6.45, 7) is 0.189. The van der Waals surface area contributed by atoms with Gasteiger partial charge in [-0.15, -0.1) is 0 Å².